The van der Waals surface area contributed by atoms with Gasteiger partial charge in [0.2, 0.25) is 0 Å². The lowest BCUT2D eigenvalue weighted by molar-refractivity contribution is -0.614. The third-order valence-electron chi connectivity index (χ3n) is 2.60. The Morgan fingerprint density at radius 1 is 1.43 bits per heavy atom. The summed E-state index contributed by atoms with van der Waals surface area (Å²) in [6.07, 6.45) is 3.73. The van der Waals surface area contributed by atoms with Gasteiger partial charge in [0.15, 0.2) is 11.6 Å². The highest BCUT2D eigenvalue weighted by Crippen LogP contribution is 2.31. The minimum atomic E-state index is 0. The van der Waals surface area contributed by atoms with Gasteiger partial charge in [0.25, 0.3) is 0 Å². The van der Waals surface area contributed by atoms with E-state index in [4.69, 9.17) is 0 Å². The smallest absolute Gasteiger partial charge is 0.162 e. The Morgan fingerprint density at radius 3 is 2.21 bits per heavy atom. The molecule has 1 heterocycles. The van der Waals surface area contributed by atoms with E-state index >= 15 is 0 Å². The van der Waals surface area contributed by atoms with E-state index in [0.717, 1.165) is 6.04 Å². The van der Waals surface area contributed by atoms with Crippen molar-refractivity contribution in [3.05, 3.63) is 0 Å². The van der Waals surface area contributed by atoms with Gasteiger partial charge in [-0.2, -0.15) is 0 Å². The number of alkyl halides is 1. The lowest BCUT2D eigenvalue weighted by Crippen LogP contribution is -3.00. The molecule has 0 fully saturated rings. The van der Waals surface area contributed by atoms with Crippen LogP contribution in [0.15, 0.2) is 0 Å². The van der Waals surface area contributed by atoms with Crippen molar-refractivity contribution in [2.24, 2.45) is 5.41 Å². The Kier molecular flexibility index (Phi) is 5.38. The van der Waals surface area contributed by atoms with Crippen molar-refractivity contribution >= 4 is 28.8 Å². The molecule has 0 bridgehead atoms. The van der Waals surface area contributed by atoms with Crippen LogP contribution in [-0.4, -0.2) is 26.8 Å². The Hall–Kier alpha value is 1.13. The molecule has 0 saturated heterocycles. The molecule has 0 N–H and O–H groups in total. The van der Waals surface area contributed by atoms with Crippen LogP contribution in [0, 0.1) is 5.41 Å². The second-order valence-corrected chi connectivity index (χ2v) is 6.59. The molecule has 1 aliphatic heterocycles. The van der Waals surface area contributed by atoms with Crippen molar-refractivity contribution in [3.63, 3.8) is 0 Å². The van der Waals surface area contributed by atoms with E-state index in [0.29, 0.717) is 5.41 Å². The van der Waals surface area contributed by atoms with Gasteiger partial charge in [0.05, 0.1) is 4.43 Å². The lowest BCUT2D eigenvalue weighted by atomic mass is 9.91. The predicted molar refractivity (Wildman–Crippen MR) is 67.2 cm³/mol. The molecule has 84 valence electrons. The normalized spacial score (nSPS) is 25.6. The summed E-state index contributed by atoms with van der Waals surface area (Å²) in [5.74, 6) is 0. The van der Waals surface area contributed by atoms with Gasteiger partial charge in [-0.15, -0.1) is 0 Å². The predicted octanol–water partition coefficient (Wildman–Crippen LogP) is 0.106. The maximum atomic E-state index is 2.54. The van der Waals surface area contributed by atoms with Crippen LogP contribution in [0.4, 0.5) is 0 Å². The Morgan fingerprint density at radius 2 is 1.93 bits per heavy atom. The standard InChI is InChI=1S/C11H21IN.HI/c1-10(2,3)13-8-11(4,5)6-9(13)7-12;/h8-9H,6-7H2,1-5H3;1H/q+1;/p-1. The van der Waals surface area contributed by atoms with E-state index in [1.165, 1.54) is 10.8 Å². The van der Waals surface area contributed by atoms with Crippen molar-refractivity contribution in [2.45, 2.75) is 52.6 Å². The van der Waals surface area contributed by atoms with Gasteiger partial charge < -0.3 is 24.0 Å². The van der Waals surface area contributed by atoms with Crippen LogP contribution in [0.1, 0.15) is 41.0 Å². The SMILES string of the molecule is CC1(C)C=[N+](C(C)(C)C)C(CI)C1.[I-]. The molecule has 0 spiro atoms. The zero-order chi connectivity index (χ0) is 10.3. The van der Waals surface area contributed by atoms with Crippen LogP contribution in [0.25, 0.3) is 0 Å². The number of halogens is 2. The number of hydrogen-bond donors (Lipinski definition) is 0. The fourth-order valence-corrected chi connectivity index (χ4v) is 2.85. The van der Waals surface area contributed by atoms with Crippen LogP contribution in [0.5, 0.6) is 0 Å². The minimum absolute atomic E-state index is 0. The van der Waals surface area contributed by atoms with Gasteiger partial charge in [-0.3, -0.25) is 0 Å². The molecule has 3 heteroatoms. The molecular formula is C11H21I2N. The second kappa shape index (κ2) is 4.97. The highest BCUT2D eigenvalue weighted by molar-refractivity contribution is 14.1. The summed E-state index contributed by atoms with van der Waals surface area (Å²) in [7, 11) is 0. The van der Waals surface area contributed by atoms with Gasteiger partial charge in [-0.25, -0.2) is 4.58 Å². The summed E-state index contributed by atoms with van der Waals surface area (Å²) >= 11 is 2.50. The maximum absolute atomic E-state index is 2.54. The van der Waals surface area contributed by atoms with Gasteiger partial charge in [0.1, 0.15) is 6.21 Å². The molecule has 0 amide bonds. The number of hydrogen-bond acceptors (Lipinski definition) is 0. The van der Waals surface area contributed by atoms with E-state index in [9.17, 15) is 0 Å². The fourth-order valence-electron chi connectivity index (χ4n) is 2.11. The number of nitrogens with zero attached hydrogens (tertiary/aromatic N) is 1. The molecule has 1 unspecified atom stereocenters. The van der Waals surface area contributed by atoms with Crippen LogP contribution in [0.3, 0.4) is 0 Å². The van der Waals surface area contributed by atoms with Gasteiger partial charge >= 0.3 is 0 Å². The first-order valence-corrected chi connectivity index (χ1v) is 6.49. The Labute approximate surface area is 119 Å². The molecule has 0 aromatic rings. The quantitative estimate of drug-likeness (QED) is 0.322. The van der Waals surface area contributed by atoms with E-state index in [2.05, 4.69) is 68.0 Å². The summed E-state index contributed by atoms with van der Waals surface area (Å²) in [4.78, 5) is 0. The molecule has 0 radical (unpaired) electrons. The van der Waals surface area contributed by atoms with Crippen molar-refractivity contribution in [2.75, 3.05) is 4.43 Å². The monoisotopic (exact) mass is 421 g/mol. The van der Waals surface area contributed by atoms with E-state index in [1.807, 2.05) is 0 Å². The summed E-state index contributed by atoms with van der Waals surface area (Å²) < 4.78 is 3.77. The molecule has 0 saturated carbocycles. The third kappa shape index (κ3) is 3.61. The Bertz CT molecular complexity index is 226. The molecule has 14 heavy (non-hydrogen) atoms. The van der Waals surface area contributed by atoms with Crippen molar-refractivity contribution in [3.8, 4) is 0 Å². The van der Waals surface area contributed by atoms with Crippen LogP contribution < -0.4 is 24.0 Å². The molecule has 1 nitrogen and oxygen atoms in total. The molecule has 1 aliphatic rings. The maximum Gasteiger partial charge on any atom is 0.162 e. The largest absolute Gasteiger partial charge is 1.00 e. The lowest BCUT2D eigenvalue weighted by Gasteiger charge is -2.20. The second-order valence-electron chi connectivity index (χ2n) is 5.71. The van der Waals surface area contributed by atoms with Gasteiger partial charge in [-0.1, -0.05) is 36.4 Å². The molecule has 0 aromatic heterocycles. The van der Waals surface area contributed by atoms with Crippen LogP contribution in [-0.2, 0) is 0 Å². The van der Waals surface area contributed by atoms with E-state index in [1.54, 1.807) is 0 Å². The van der Waals surface area contributed by atoms with Crippen LogP contribution >= 0.6 is 22.6 Å². The van der Waals surface area contributed by atoms with Crippen molar-refractivity contribution in [1.82, 2.24) is 0 Å². The summed E-state index contributed by atoms with van der Waals surface area (Å²) in [5, 5.41) is 0. The van der Waals surface area contributed by atoms with E-state index in [-0.39, 0.29) is 29.5 Å². The van der Waals surface area contributed by atoms with Gasteiger partial charge in [-0.05, 0) is 20.8 Å². The van der Waals surface area contributed by atoms with Gasteiger partial charge in [0, 0.05) is 11.8 Å². The third-order valence-corrected chi connectivity index (χ3v) is 3.61. The average molecular weight is 421 g/mol. The summed E-state index contributed by atoms with van der Waals surface area (Å²) in [6.45, 7) is 11.6. The Balaban J connectivity index is 0.00000169. The number of rotatable bonds is 1. The fraction of sp³-hybridized carbons (Fsp3) is 0.909. The van der Waals surface area contributed by atoms with Crippen LogP contribution in [0.2, 0.25) is 0 Å². The van der Waals surface area contributed by atoms with Crippen molar-refractivity contribution < 1.29 is 28.6 Å². The first-order valence-electron chi connectivity index (χ1n) is 4.97. The first-order chi connectivity index (χ1) is 5.76. The highest BCUT2D eigenvalue weighted by atomic mass is 127. The van der Waals surface area contributed by atoms with Crippen molar-refractivity contribution in [1.29, 1.82) is 0 Å². The first kappa shape index (κ1) is 15.1. The zero-order valence-corrected chi connectivity index (χ0v) is 14.1. The highest BCUT2D eigenvalue weighted by Gasteiger charge is 2.42. The molecule has 1 atom stereocenters. The minimum Gasteiger partial charge on any atom is -1.00 e. The topological polar surface area (TPSA) is 3.01 Å². The molecule has 0 aliphatic carbocycles. The average Bonchev–Trinajstić information content (AvgIpc) is 2.24. The zero-order valence-electron chi connectivity index (χ0n) is 9.77. The summed E-state index contributed by atoms with van der Waals surface area (Å²) in [6, 6.07) is 0.732. The molecular weight excluding hydrogens is 400 g/mol. The van der Waals surface area contributed by atoms with E-state index < -0.39 is 0 Å². The summed E-state index contributed by atoms with van der Waals surface area (Å²) in [5.41, 5.74) is 0.673. The molecule has 0 aromatic carbocycles. The molecule has 1 rings (SSSR count).